The second kappa shape index (κ2) is 13.7. The van der Waals surface area contributed by atoms with E-state index < -0.39 is 0 Å². The van der Waals surface area contributed by atoms with Crippen LogP contribution in [0.25, 0.3) is 0 Å². The molecule has 0 bridgehead atoms. The highest BCUT2D eigenvalue weighted by atomic mass is 127. The smallest absolute Gasteiger partial charge is 0.193 e. The van der Waals surface area contributed by atoms with E-state index in [0.717, 1.165) is 84.4 Å². The number of nitrogens with zero attached hydrogens (tertiary/aromatic N) is 3. The lowest BCUT2D eigenvalue weighted by Gasteiger charge is -2.37. The Balaban J connectivity index is 0.00000338. The van der Waals surface area contributed by atoms with Crippen LogP contribution in [-0.2, 0) is 9.47 Å². The summed E-state index contributed by atoms with van der Waals surface area (Å²) in [6.07, 6.45) is 5.27. The van der Waals surface area contributed by atoms with Crippen molar-refractivity contribution in [3.63, 3.8) is 0 Å². The number of ether oxygens (including phenoxy) is 2. The molecule has 1 N–H and O–H groups in total. The third-order valence-corrected chi connectivity index (χ3v) is 5.05. The molecule has 0 radical (unpaired) electrons. The van der Waals surface area contributed by atoms with E-state index in [9.17, 15) is 0 Å². The molecule has 2 aliphatic heterocycles. The summed E-state index contributed by atoms with van der Waals surface area (Å²) in [5.74, 6) is 1.58. The summed E-state index contributed by atoms with van der Waals surface area (Å²) in [7, 11) is 2.12. The van der Waals surface area contributed by atoms with Crippen molar-refractivity contribution in [3.05, 3.63) is 12.7 Å². The van der Waals surface area contributed by atoms with Gasteiger partial charge in [-0.05, 0) is 26.2 Å². The number of unbranched alkanes of at least 4 members (excludes halogenated alkanes) is 1. The molecule has 0 spiro atoms. The average Bonchev–Trinajstić information content (AvgIpc) is 3.16. The fourth-order valence-corrected chi connectivity index (χ4v) is 3.56. The minimum absolute atomic E-state index is 0. The summed E-state index contributed by atoms with van der Waals surface area (Å²) in [4.78, 5) is 9.76. The fraction of sp³-hybridized carbons (Fsp3) is 0.842. The molecule has 2 rings (SSSR count). The zero-order valence-corrected chi connectivity index (χ0v) is 18.8. The molecule has 0 saturated carbocycles. The summed E-state index contributed by atoms with van der Waals surface area (Å²) in [5.41, 5.74) is 0. The largest absolute Gasteiger partial charge is 0.381 e. The molecule has 2 atom stereocenters. The maximum Gasteiger partial charge on any atom is 0.193 e. The highest BCUT2D eigenvalue weighted by molar-refractivity contribution is 14.0. The Hall–Kier alpha value is -0.380. The molecule has 152 valence electrons. The van der Waals surface area contributed by atoms with E-state index in [0.29, 0.717) is 12.0 Å². The molecule has 2 fully saturated rings. The number of halogens is 1. The summed E-state index contributed by atoms with van der Waals surface area (Å²) in [6, 6.07) is 0.446. The highest BCUT2D eigenvalue weighted by Crippen LogP contribution is 2.22. The molecule has 0 aliphatic carbocycles. The predicted molar refractivity (Wildman–Crippen MR) is 119 cm³/mol. The van der Waals surface area contributed by atoms with Crippen LogP contribution in [0.1, 0.15) is 26.2 Å². The molecule has 2 aliphatic rings. The van der Waals surface area contributed by atoms with Crippen molar-refractivity contribution in [2.45, 2.75) is 32.2 Å². The maximum absolute atomic E-state index is 5.65. The molecule has 0 aromatic carbocycles. The van der Waals surface area contributed by atoms with Gasteiger partial charge in [0.2, 0.25) is 0 Å². The van der Waals surface area contributed by atoms with Crippen molar-refractivity contribution >= 4 is 29.9 Å². The van der Waals surface area contributed by atoms with Gasteiger partial charge in [-0.25, -0.2) is 0 Å². The summed E-state index contributed by atoms with van der Waals surface area (Å²) in [5, 5.41) is 3.43. The first kappa shape index (κ1) is 23.7. The molecule has 0 amide bonds. The first-order chi connectivity index (χ1) is 12.3. The number of morpholine rings is 1. The Morgan fingerprint density at radius 1 is 1.35 bits per heavy atom. The Kier molecular flexibility index (Phi) is 12.5. The van der Waals surface area contributed by atoms with Crippen LogP contribution in [0.3, 0.4) is 0 Å². The summed E-state index contributed by atoms with van der Waals surface area (Å²) < 4.78 is 11.2. The second-order valence-electron chi connectivity index (χ2n) is 6.89. The minimum Gasteiger partial charge on any atom is -0.381 e. The monoisotopic (exact) mass is 480 g/mol. The number of hydrogen-bond donors (Lipinski definition) is 1. The molecule has 6 nitrogen and oxygen atoms in total. The van der Waals surface area contributed by atoms with E-state index in [1.807, 2.05) is 6.08 Å². The van der Waals surface area contributed by atoms with Crippen molar-refractivity contribution in [3.8, 4) is 0 Å². The Labute approximate surface area is 176 Å². The van der Waals surface area contributed by atoms with Crippen LogP contribution < -0.4 is 5.32 Å². The molecule has 2 saturated heterocycles. The van der Waals surface area contributed by atoms with Gasteiger partial charge >= 0.3 is 0 Å². The lowest BCUT2D eigenvalue weighted by Crippen LogP contribution is -2.49. The van der Waals surface area contributed by atoms with Gasteiger partial charge in [0.05, 0.1) is 26.4 Å². The average molecular weight is 480 g/mol. The quantitative estimate of drug-likeness (QED) is 0.180. The number of aliphatic imine (C=N–C) groups is 1. The maximum atomic E-state index is 5.65. The van der Waals surface area contributed by atoms with Crippen LogP contribution in [0.15, 0.2) is 17.6 Å². The number of nitrogens with one attached hydrogen (secondary N) is 1. The first-order valence-corrected chi connectivity index (χ1v) is 9.76. The first-order valence-electron chi connectivity index (χ1n) is 9.76. The molecule has 26 heavy (non-hydrogen) atoms. The molecule has 7 heteroatoms. The fourth-order valence-electron chi connectivity index (χ4n) is 3.56. The third-order valence-electron chi connectivity index (χ3n) is 5.05. The van der Waals surface area contributed by atoms with E-state index >= 15 is 0 Å². The van der Waals surface area contributed by atoms with Crippen molar-refractivity contribution in [2.24, 2.45) is 10.9 Å². The summed E-state index contributed by atoms with van der Waals surface area (Å²) in [6.45, 7) is 14.0. The minimum atomic E-state index is 0. The Bertz CT molecular complexity index is 410. The standard InChI is InChI=1S/C19H36N4O2.HI/c1-4-6-7-9-22(3)19(20-5-2)21-15-18(17-8-12-25-16-17)23-10-13-24-14-11-23;/h4,17-18H,1,5-16H2,2-3H3,(H,20,21);1H. The lowest BCUT2D eigenvalue weighted by atomic mass is 9.97. The van der Waals surface area contributed by atoms with Gasteiger partial charge < -0.3 is 19.7 Å². The molecule has 0 aromatic rings. The van der Waals surface area contributed by atoms with Gasteiger partial charge in [0, 0.05) is 51.8 Å². The van der Waals surface area contributed by atoms with E-state index in [2.05, 4.69) is 35.7 Å². The number of rotatable bonds is 9. The van der Waals surface area contributed by atoms with E-state index in [1.54, 1.807) is 0 Å². The molecule has 2 heterocycles. The van der Waals surface area contributed by atoms with Gasteiger partial charge in [-0.3, -0.25) is 9.89 Å². The van der Waals surface area contributed by atoms with Crippen molar-refractivity contribution < 1.29 is 9.47 Å². The van der Waals surface area contributed by atoms with Crippen LogP contribution in [0.2, 0.25) is 0 Å². The predicted octanol–water partition coefficient (Wildman–Crippen LogP) is 2.21. The topological polar surface area (TPSA) is 49.3 Å². The van der Waals surface area contributed by atoms with Gasteiger partial charge in [0.15, 0.2) is 5.96 Å². The molecule has 0 aromatic heterocycles. The van der Waals surface area contributed by atoms with Gasteiger partial charge in [-0.15, -0.1) is 30.6 Å². The van der Waals surface area contributed by atoms with Gasteiger partial charge in [-0.1, -0.05) is 6.08 Å². The van der Waals surface area contributed by atoms with Crippen LogP contribution in [0.4, 0.5) is 0 Å². The van der Waals surface area contributed by atoms with E-state index in [4.69, 9.17) is 14.5 Å². The highest BCUT2D eigenvalue weighted by Gasteiger charge is 2.31. The van der Waals surface area contributed by atoms with Gasteiger partial charge in [0.25, 0.3) is 0 Å². The van der Waals surface area contributed by atoms with Crippen LogP contribution in [0.5, 0.6) is 0 Å². The lowest BCUT2D eigenvalue weighted by molar-refractivity contribution is 0.00364. The second-order valence-corrected chi connectivity index (χ2v) is 6.89. The zero-order chi connectivity index (χ0) is 17.9. The van der Waals surface area contributed by atoms with Crippen LogP contribution >= 0.6 is 24.0 Å². The van der Waals surface area contributed by atoms with Crippen LogP contribution in [-0.4, -0.2) is 88.0 Å². The molecule has 2 unspecified atom stereocenters. The number of guanidine groups is 1. The molecular formula is C19H37IN4O2. The normalized spacial score (nSPS) is 22.5. The third kappa shape index (κ3) is 7.70. The van der Waals surface area contributed by atoms with Crippen LogP contribution in [0, 0.1) is 5.92 Å². The van der Waals surface area contributed by atoms with Crippen molar-refractivity contribution in [1.29, 1.82) is 0 Å². The van der Waals surface area contributed by atoms with E-state index in [-0.39, 0.29) is 24.0 Å². The van der Waals surface area contributed by atoms with Gasteiger partial charge in [-0.2, -0.15) is 0 Å². The number of allylic oxidation sites excluding steroid dienone is 1. The van der Waals surface area contributed by atoms with E-state index in [1.165, 1.54) is 0 Å². The Morgan fingerprint density at radius 2 is 2.12 bits per heavy atom. The molecular weight excluding hydrogens is 443 g/mol. The van der Waals surface area contributed by atoms with Crippen molar-refractivity contribution in [1.82, 2.24) is 15.1 Å². The zero-order valence-electron chi connectivity index (χ0n) is 16.5. The van der Waals surface area contributed by atoms with Gasteiger partial charge in [0.1, 0.15) is 0 Å². The number of hydrogen-bond acceptors (Lipinski definition) is 4. The Morgan fingerprint density at radius 3 is 2.73 bits per heavy atom. The van der Waals surface area contributed by atoms with Crippen molar-refractivity contribution in [2.75, 3.05) is 66.2 Å². The SMILES string of the molecule is C=CCCCN(C)C(=NCC(C1CCOC1)N1CCOCC1)NCC.I. The summed E-state index contributed by atoms with van der Waals surface area (Å²) >= 11 is 0.